The van der Waals surface area contributed by atoms with E-state index in [0.29, 0.717) is 5.92 Å². The van der Waals surface area contributed by atoms with Gasteiger partial charge in [0, 0.05) is 10.4 Å². The summed E-state index contributed by atoms with van der Waals surface area (Å²) >= 11 is 3.52. The second kappa shape index (κ2) is 5.85. The summed E-state index contributed by atoms with van der Waals surface area (Å²) in [6.07, 6.45) is 0. The van der Waals surface area contributed by atoms with E-state index in [1.54, 1.807) is 0 Å². The third-order valence-electron chi connectivity index (χ3n) is 3.66. The zero-order valence-electron chi connectivity index (χ0n) is 10.7. The van der Waals surface area contributed by atoms with Crippen molar-refractivity contribution in [2.45, 2.75) is 19.9 Å². The second-order valence-corrected chi connectivity index (χ2v) is 5.81. The molecule has 4 heteroatoms. The molecule has 1 unspecified atom stereocenters. The first-order valence-electron chi connectivity index (χ1n) is 6.35. The van der Waals surface area contributed by atoms with Crippen molar-refractivity contribution in [3.05, 3.63) is 34.3 Å². The summed E-state index contributed by atoms with van der Waals surface area (Å²) in [5.74, 6) is 0.706. The molecule has 0 aromatic heterocycles. The maximum absolute atomic E-state index is 12.1. The molecule has 3 nitrogen and oxygen atoms in total. The van der Waals surface area contributed by atoms with Crippen molar-refractivity contribution < 1.29 is 4.79 Å². The maximum Gasteiger partial charge on any atom is 0.223 e. The first-order chi connectivity index (χ1) is 8.59. The highest BCUT2D eigenvalue weighted by Crippen LogP contribution is 2.24. The predicted molar refractivity (Wildman–Crippen MR) is 76.2 cm³/mol. The zero-order chi connectivity index (χ0) is 13.1. The third kappa shape index (κ3) is 2.93. The van der Waals surface area contributed by atoms with Crippen LogP contribution >= 0.6 is 15.9 Å². The number of nitrogens with one attached hydrogen (secondary N) is 2. The van der Waals surface area contributed by atoms with E-state index in [9.17, 15) is 4.79 Å². The number of carbonyl (C=O) groups excluding carboxylic acids is 1. The fraction of sp³-hybridized carbons (Fsp3) is 0.500. The standard InChI is InChI=1S/C14H19BrN2O/c1-9(11-7-16-8-11)14(18)17-10(2)12-5-3-4-6-13(12)15/h3-6,9-11,16H,7-8H2,1-2H3,(H,17,18)/t9?,10-/m0/s1. The van der Waals surface area contributed by atoms with E-state index in [1.165, 1.54) is 0 Å². The van der Waals surface area contributed by atoms with Crippen molar-refractivity contribution in [2.75, 3.05) is 13.1 Å². The quantitative estimate of drug-likeness (QED) is 0.897. The van der Waals surface area contributed by atoms with Crippen molar-refractivity contribution in [1.29, 1.82) is 0 Å². The molecule has 0 radical (unpaired) electrons. The molecular weight excluding hydrogens is 292 g/mol. The van der Waals surface area contributed by atoms with Gasteiger partial charge in [-0.3, -0.25) is 4.79 Å². The lowest BCUT2D eigenvalue weighted by atomic mass is 9.88. The Labute approximate surface area is 116 Å². The Bertz CT molecular complexity index is 432. The summed E-state index contributed by atoms with van der Waals surface area (Å²) in [6.45, 7) is 5.94. The van der Waals surface area contributed by atoms with Gasteiger partial charge in [-0.15, -0.1) is 0 Å². The van der Waals surface area contributed by atoms with Gasteiger partial charge in [0.2, 0.25) is 5.91 Å². The molecule has 2 rings (SSSR count). The summed E-state index contributed by atoms with van der Waals surface area (Å²) in [6, 6.07) is 8.03. The molecule has 1 aromatic rings. The van der Waals surface area contributed by atoms with Crippen molar-refractivity contribution in [1.82, 2.24) is 10.6 Å². The summed E-state index contributed by atoms with van der Waals surface area (Å²) in [5, 5.41) is 6.29. The molecule has 1 amide bonds. The van der Waals surface area contributed by atoms with E-state index in [2.05, 4.69) is 26.6 Å². The Morgan fingerprint density at radius 2 is 2.06 bits per heavy atom. The minimum atomic E-state index is 0.0311. The van der Waals surface area contributed by atoms with Crippen LogP contribution in [0.5, 0.6) is 0 Å². The van der Waals surface area contributed by atoms with E-state index < -0.39 is 0 Å². The number of rotatable bonds is 4. The average Bonchev–Trinajstić information content (AvgIpc) is 2.26. The number of amides is 1. The lowest BCUT2D eigenvalue weighted by molar-refractivity contribution is -0.127. The molecule has 18 heavy (non-hydrogen) atoms. The Kier molecular flexibility index (Phi) is 4.40. The van der Waals surface area contributed by atoms with Crippen molar-refractivity contribution in [3.63, 3.8) is 0 Å². The Balaban J connectivity index is 1.96. The summed E-state index contributed by atoms with van der Waals surface area (Å²) < 4.78 is 1.04. The van der Waals surface area contributed by atoms with Gasteiger partial charge in [0.15, 0.2) is 0 Å². The summed E-state index contributed by atoms with van der Waals surface area (Å²) in [7, 11) is 0. The first kappa shape index (κ1) is 13.6. The average molecular weight is 311 g/mol. The number of carbonyl (C=O) groups is 1. The van der Waals surface area contributed by atoms with Gasteiger partial charge in [0.25, 0.3) is 0 Å². The van der Waals surface area contributed by atoms with Gasteiger partial charge in [-0.1, -0.05) is 41.1 Å². The predicted octanol–water partition coefficient (Wildman–Crippen LogP) is 2.48. The van der Waals surface area contributed by atoms with Crippen LogP contribution in [0.25, 0.3) is 0 Å². The van der Waals surface area contributed by atoms with Gasteiger partial charge in [0.05, 0.1) is 6.04 Å². The van der Waals surface area contributed by atoms with Crippen LogP contribution in [0.4, 0.5) is 0 Å². The van der Waals surface area contributed by atoms with E-state index in [-0.39, 0.29) is 17.9 Å². The second-order valence-electron chi connectivity index (χ2n) is 4.96. The largest absolute Gasteiger partial charge is 0.349 e. The van der Waals surface area contributed by atoms with Crippen molar-refractivity contribution in [3.8, 4) is 0 Å². The van der Waals surface area contributed by atoms with Crippen LogP contribution in [0, 0.1) is 11.8 Å². The molecule has 0 aliphatic carbocycles. The smallest absolute Gasteiger partial charge is 0.223 e. The molecule has 1 aromatic carbocycles. The third-order valence-corrected chi connectivity index (χ3v) is 4.39. The van der Waals surface area contributed by atoms with Gasteiger partial charge in [0.1, 0.15) is 0 Å². The number of halogens is 1. The van der Waals surface area contributed by atoms with Crippen molar-refractivity contribution >= 4 is 21.8 Å². The topological polar surface area (TPSA) is 41.1 Å². The molecule has 98 valence electrons. The molecular formula is C14H19BrN2O. The molecule has 1 heterocycles. The zero-order valence-corrected chi connectivity index (χ0v) is 12.3. The van der Waals surface area contributed by atoms with E-state index in [1.807, 2.05) is 38.1 Å². The van der Waals surface area contributed by atoms with E-state index in [4.69, 9.17) is 0 Å². The van der Waals surface area contributed by atoms with Gasteiger partial charge in [-0.2, -0.15) is 0 Å². The summed E-state index contributed by atoms with van der Waals surface area (Å²) in [4.78, 5) is 12.1. The molecule has 1 aliphatic rings. The fourth-order valence-corrected chi connectivity index (χ4v) is 2.76. The normalized spacial score (nSPS) is 18.8. The molecule has 0 bridgehead atoms. The molecule has 1 aliphatic heterocycles. The molecule has 1 saturated heterocycles. The number of hydrogen-bond donors (Lipinski definition) is 2. The first-order valence-corrected chi connectivity index (χ1v) is 7.14. The van der Waals surface area contributed by atoms with Gasteiger partial charge >= 0.3 is 0 Å². The SMILES string of the molecule is CC(C(=O)N[C@@H](C)c1ccccc1Br)C1CNC1. The summed E-state index contributed by atoms with van der Waals surface area (Å²) in [5.41, 5.74) is 1.12. The highest BCUT2D eigenvalue weighted by atomic mass is 79.9. The van der Waals surface area contributed by atoms with Crippen LogP contribution in [0.15, 0.2) is 28.7 Å². The molecule has 2 atom stereocenters. The highest BCUT2D eigenvalue weighted by Gasteiger charge is 2.29. The minimum absolute atomic E-state index is 0.0311. The highest BCUT2D eigenvalue weighted by molar-refractivity contribution is 9.10. The Morgan fingerprint density at radius 1 is 1.39 bits per heavy atom. The van der Waals surface area contributed by atoms with Crippen LogP contribution < -0.4 is 10.6 Å². The van der Waals surface area contributed by atoms with Gasteiger partial charge in [-0.25, -0.2) is 0 Å². The van der Waals surface area contributed by atoms with Gasteiger partial charge in [-0.05, 0) is 37.6 Å². The molecule has 0 spiro atoms. The minimum Gasteiger partial charge on any atom is -0.349 e. The molecule has 2 N–H and O–H groups in total. The van der Waals surface area contributed by atoms with Crippen LogP contribution in [-0.2, 0) is 4.79 Å². The van der Waals surface area contributed by atoms with Crippen LogP contribution in [-0.4, -0.2) is 19.0 Å². The monoisotopic (exact) mass is 310 g/mol. The Morgan fingerprint density at radius 3 is 2.61 bits per heavy atom. The van der Waals surface area contributed by atoms with Crippen LogP contribution in [0.2, 0.25) is 0 Å². The number of benzene rings is 1. The fourth-order valence-electron chi connectivity index (χ4n) is 2.13. The molecule has 0 saturated carbocycles. The van der Waals surface area contributed by atoms with Crippen LogP contribution in [0.3, 0.4) is 0 Å². The van der Waals surface area contributed by atoms with Crippen molar-refractivity contribution in [2.24, 2.45) is 11.8 Å². The van der Waals surface area contributed by atoms with Gasteiger partial charge < -0.3 is 10.6 Å². The lowest BCUT2D eigenvalue weighted by Gasteiger charge is -2.32. The maximum atomic E-state index is 12.1. The van der Waals surface area contributed by atoms with E-state index in [0.717, 1.165) is 23.1 Å². The van der Waals surface area contributed by atoms with E-state index >= 15 is 0 Å². The molecule has 1 fully saturated rings. The Hall–Kier alpha value is -0.870. The lowest BCUT2D eigenvalue weighted by Crippen LogP contribution is -2.49. The number of hydrogen-bond acceptors (Lipinski definition) is 2. The van der Waals surface area contributed by atoms with Crippen LogP contribution in [0.1, 0.15) is 25.5 Å².